The number of allylic oxidation sites excluding steroid dienone is 5. The van der Waals surface area contributed by atoms with Gasteiger partial charge in [-0.05, 0) is 35.3 Å². The third kappa shape index (κ3) is 3.47. The quantitative estimate of drug-likeness (QED) is 0.469. The first-order chi connectivity index (χ1) is 11.4. The van der Waals surface area contributed by atoms with Crippen molar-refractivity contribution in [3.63, 3.8) is 0 Å². The molecule has 0 N–H and O–H groups in total. The Morgan fingerprint density at radius 3 is 2.50 bits per heavy atom. The maximum Gasteiger partial charge on any atom is 0.334 e. The topological polar surface area (TPSA) is 60.4 Å². The monoisotopic (exact) mass is 364 g/mol. The molecule has 1 aliphatic carbocycles. The van der Waals surface area contributed by atoms with E-state index in [1.165, 1.54) is 6.26 Å². The summed E-state index contributed by atoms with van der Waals surface area (Å²) in [5.74, 6) is -0.330. The second-order valence-electron chi connectivity index (χ2n) is 5.81. The Hall–Kier alpha value is -1.85. The van der Waals surface area contributed by atoms with Gasteiger partial charge in [-0.3, -0.25) is 0 Å². The molecule has 0 spiro atoms. The molecule has 1 aliphatic heterocycles. The van der Waals surface area contributed by atoms with Gasteiger partial charge < -0.3 is 4.74 Å². The average Bonchev–Trinajstić information content (AvgIpc) is 2.93. The molecule has 1 unspecified atom stereocenters. The van der Waals surface area contributed by atoms with Gasteiger partial charge in [0.25, 0.3) is 0 Å². The van der Waals surface area contributed by atoms with Crippen molar-refractivity contribution in [2.24, 2.45) is 0 Å². The van der Waals surface area contributed by atoms with Crippen LogP contribution in [0.3, 0.4) is 0 Å². The number of alkyl halides is 1. The second-order valence-corrected chi connectivity index (χ2v) is 8.39. The number of carbonyl (C=O) groups excluding carboxylic acids is 1. The minimum atomic E-state index is -3.27. The zero-order chi connectivity index (χ0) is 17.3. The standard InChI is InChI=1S/C18H17ClO4S/c1-24(21,22)15-7-5-12(6-8-15)17(16-9-10-23-18(16)20)13-3-2-4-14(19)11-13/h2-3,5-8,11,14H,4,9-10H2,1H3/b17-16-. The number of rotatable bonds is 3. The number of hydrogen-bond donors (Lipinski definition) is 0. The number of cyclic esters (lactones) is 1. The van der Waals surface area contributed by atoms with E-state index in [9.17, 15) is 13.2 Å². The largest absolute Gasteiger partial charge is 0.462 e. The number of hydrogen-bond acceptors (Lipinski definition) is 4. The van der Waals surface area contributed by atoms with Crippen LogP contribution < -0.4 is 0 Å². The lowest BCUT2D eigenvalue weighted by Gasteiger charge is -2.17. The van der Waals surface area contributed by atoms with E-state index >= 15 is 0 Å². The maximum absolute atomic E-state index is 12.1. The molecule has 1 aromatic carbocycles. The summed E-state index contributed by atoms with van der Waals surface area (Å²) in [6, 6.07) is 6.54. The Labute approximate surface area is 146 Å². The number of sulfone groups is 1. The third-order valence-corrected chi connectivity index (χ3v) is 5.44. The fourth-order valence-corrected chi connectivity index (χ4v) is 3.73. The van der Waals surface area contributed by atoms with E-state index in [-0.39, 0.29) is 16.2 Å². The second kappa shape index (κ2) is 6.57. The SMILES string of the molecule is CS(=O)(=O)c1ccc(/C(C2=CC(Cl)CC=C2)=C2\CCOC2=O)cc1. The van der Waals surface area contributed by atoms with E-state index in [4.69, 9.17) is 16.3 Å². The summed E-state index contributed by atoms with van der Waals surface area (Å²) in [7, 11) is -3.27. The van der Waals surface area contributed by atoms with Gasteiger partial charge >= 0.3 is 5.97 Å². The predicted octanol–water partition coefficient (Wildman–Crippen LogP) is 3.28. The van der Waals surface area contributed by atoms with Gasteiger partial charge in [0.1, 0.15) is 0 Å². The maximum atomic E-state index is 12.1. The first-order valence-electron chi connectivity index (χ1n) is 7.60. The van der Waals surface area contributed by atoms with E-state index in [0.29, 0.717) is 18.6 Å². The molecule has 0 amide bonds. The molecule has 1 heterocycles. The number of halogens is 1. The summed E-state index contributed by atoms with van der Waals surface area (Å²) in [5.41, 5.74) is 3.00. The summed E-state index contributed by atoms with van der Waals surface area (Å²) in [5, 5.41) is -0.131. The van der Waals surface area contributed by atoms with Crippen LogP contribution in [-0.4, -0.2) is 32.6 Å². The van der Waals surface area contributed by atoms with Crippen LogP contribution >= 0.6 is 11.6 Å². The molecular formula is C18H17ClO4S. The molecule has 2 aliphatic rings. The summed E-state index contributed by atoms with van der Waals surface area (Å²) >= 11 is 6.23. The van der Waals surface area contributed by atoms with Crippen LogP contribution in [0.25, 0.3) is 5.57 Å². The van der Waals surface area contributed by atoms with Gasteiger partial charge in [-0.2, -0.15) is 0 Å². The van der Waals surface area contributed by atoms with Crippen LogP contribution in [0.1, 0.15) is 18.4 Å². The molecule has 3 rings (SSSR count). The molecule has 0 saturated carbocycles. The first-order valence-corrected chi connectivity index (χ1v) is 9.92. The molecule has 0 aromatic heterocycles. The zero-order valence-electron chi connectivity index (χ0n) is 13.2. The van der Waals surface area contributed by atoms with E-state index in [2.05, 4.69) is 0 Å². The normalized spacial score (nSPS) is 23.0. The summed E-state index contributed by atoms with van der Waals surface area (Å²) < 4.78 is 28.4. The molecule has 4 nitrogen and oxygen atoms in total. The fraction of sp³-hybridized carbons (Fsp3) is 0.278. The highest BCUT2D eigenvalue weighted by atomic mass is 35.5. The van der Waals surface area contributed by atoms with Crippen molar-refractivity contribution in [2.45, 2.75) is 23.1 Å². The van der Waals surface area contributed by atoms with Crippen molar-refractivity contribution in [2.75, 3.05) is 12.9 Å². The van der Waals surface area contributed by atoms with Crippen LogP contribution in [0.4, 0.5) is 0 Å². The van der Waals surface area contributed by atoms with Crippen LogP contribution in [0, 0.1) is 0 Å². The first kappa shape index (κ1) is 17.0. The minimum absolute atomic E-state index is 0.131. The molecule has 0 bridgehead atoms. The van der Waals surface area contributed by atoms with E-state index in [1.54, 1.807) is 24.3 Å². The van der Waals surface area contributed by atoms with Crippen LogP contribution in [-0.2, 0) is 19.4 Å². The summed E-state index contributed by atoms with van der Waals surface area (Å²) in [6.45, 7) is 0.361. The molecule has 126 valence electrons. The molecule has 1 aromatic rings. The molecule has 1 fully saturated rings. The van der Waals surface area contributed by atoms with Crippen molar-refractivity contribution >= 4 is 33.0 Å². The number of ether oxygens (including phenoxy) is 1. The Morgan fingerprint density at radius 2 is 1.96 bits per heavy atom. The Kier molecular flexibility index (Phi) is 4.65. The van der Waals surface area contributed by atoms with Gasteiger partial charge in [0.05, 0.1) is 16.9 Å². The van der Waals surface area contributed by atoms with Gasteiger partial charge in [0, 0.05) is 18.2 Å². The van der Waals surface area contributed by atoms with Crippen molar-refractivity contribution in [3.05, 3.63) is 59.2 Å². The highest BCUT2D eigenvalue weighted by Gasteiger charge is 2.26. The van der Waals surface area contributed by atoms with Crippen molar-refractivity contribution in [1.82, 2.24) is 0 Å². The number of esters is 1. The molecule has 6 heteroatoms. The van der Waals surface area contributed by atoms with E-state index < -0.39 is 9.84 Å². The van der Waals surface area contributed by atoms with Crippen molar-refractivity contribution in [1.29, 1.82) is 0 Å². The average molecular weight is 365 g/mol. The molecule has 24 heavy (non-hydrogen) atoms. The summed E-state index contributed by atoms with van der Waals surface area (Å²) in [6.07, 6.45) is 8.27. The highest BCUT2D eigenvalue weighted by molar-refractivity contribution is 7.90. The van der Waals surface area contributed by atoms with E-state index in [1.807, 2.05) is 18.2 Å². The highest BCUT2D eigenvalue weighted by Crippen LogP contribution is 2.35. The molecule has 1 saturated heterocycles. The van der Waals surface area contributed by atoms with Gasteiger partial charge in [-0.1, -0.05) is 30.4 Å². The zero-order valence-corrected chi connectivity index (χ0v) is 14.7. The third-order valence-electron chi connectivity index (χ3n) is 4.01. The summed E-state index contributed by atoms with van der Waals surface area (Å²) in [4.78, 5) is 12.3. The van der Waals surface area contributed by atoms with Crippen LogP contribution in [0.2, 0.25) is 0 Å². The van der Waals surface area contributed by atoms with Crippen molar-refractivity contribution in [3.8, 4) is 0 Å². The number of carbonyl (C=O) groups is 1. The lowest BCUT2D eigenvalue weighted by molar-refractivity contribution is -0.135. The Morgan fingerprint density at radius 1 is 1.25 bits per heavy atom. The van der Waals surface area contributed by atoms with Gasteiger partial charge in [-0.25, -0.2) is 13.2 Å². The Bertz CT molecular complexity index is 861. The predicted molar refractivity (Wildman–Crippen MR) is 93.5 cm³/mol. The van der Waals surface area contributed by atoms with Crippen molar-refractivity contribution < 1.29 is 17.9 Å². The minimum Gasteiger partial charge on any atom is -0.462 e. The number of benzene rings is 1. The van der Waals surface area contributed by atoms with Crippen LogP contribution in [0.15, 0.2) is 58.5 Å². The van der Waals surface area contributed by atoms with Gasteiger partial charge in [0.2, 0.25) is 0 Å². The lowest BCUT2D eigenvalue weighted by atomic mass is 9.89. The molecule has 0 radical (unpaired) electrons. The Balaban J connectivity index is 2.13. The smallest absolute Gasteiger partial charge is 0.334 e. The molecule has 1 atom stereocenters. The van der Waals surface area contributed by atoms with E-state index in [0.717, 1.165) is 23.1 Å². The fourth-order valence-electron chi connectivity index (χ4n) is 2.86. The molecular weight excluding hydrogens is 348 g/mol. The van der Waals surface area contributed by atoms with Crippen LogP contribution in [0.5, 0.6) is 0 Å². The van der Waals surface area contributed by atoms with Gasteiger partial charge in [0.15, 0.2) is 9.84 Å². The lowest BCUT2D eigenvalue weighted by Crippen LogP contribution is -2.05. The van der Waals surface area contributed by atoms with Gasteiger partial charge in [-0.15, -0.1) is 11.6 Å².